The van der Waals surface area contributed by atoms with Crippen LogP contribution in [0.5, 0.6) is 0 Å². The number of anilines is 1. The van der Waals surface area contributed by atoms with Gasteiger partial charge in [-0.15, -0.1) is 5.10 Å². The van der Waals surface area contributed by atoms with E-state index in [0.717, 1.165) is 0 Å². The normalized spacial score (nSPS) is 10.7. The first-order valence-electron chi connectivity index (χ1n) is 6.21. The molecule has 3 aromatic rings. The van der Waals surface area contributed by atoms with Gasteiger partial charge in [0.05, 0.1) is 23.2 Å². The number of aromatic nitrogens is 5. The number of nitrogens with zero attached hydrogens (tertiary/aromatic N) is 6. The standard InChI is InChI=1S/C12H11N7O2/c20-19(21)9-1-2-11-10(7-9)12(15-8-14-11)13-3-5-18-6-4-16-17-18/h1-2,4,6-8H,3,5H2,(H,13,14,15). The van der Waals surface area contributed by atoms with E-state index in [-0.39, 0.29) is 5.69 Å². The lowest BCUT2D eigenvalue weighted by molar-refractivity contribution is -0.384. The molecule has 0 amide bonds. The summed E-state index contributed by atoms with van der Waals surface area (Å²) in [5.74, 6) is 0.559. The van der Waals surface area contributed by atoms with E-state index in [1.54, 1.807) is 23.1 Å². The molecule has 0 bridgehead atoms. The van der Waals surface area contributed by atoms with Crippen molar-refractivity contribution >= 4 is 22.4 Å². The number of rotatable bonds is 5. The predicted molar refractivity (Wildman–Crippen MR) is 74.7 cm³/mol. The molecule has 106 valence electrons. The molecule has 0 spiro atoms. The van der Waals surface area contributed by atoms with Crippen molar-refractivity contribution in [1.29, 1.82) is 0 Å². The van der Waals surface area contributed by atoms with Gasteiger partial charge in [-0.1, -0.05) is 5.21 Å². The van der Waals surface area contributed by atoms with Crippen LogP contribution in [0.3, 0.4) is 0 Å². The molecule has 0 aliphatic carbocycles. The predicted octanol–water partition coefficient (Wildman–Crippen LogP) is 1.24. The molecule has 2 heterocycles. The van der Waals surface area contributed by atoms with E-state index in [0.29, 0.717) is 29.8 Å². The van der Waals surface area contributed by atoms with Gasteiger partial charge in [-0.25, -0.2) is 9.97 Å². The average molecular weight is 285 g/mol. The van der Waals surface area contributed by atoms with Crippen LogP contribution in [-0.2, 0) is 6.54 Å². The largest absolute Gasteiger partial charge is 0.368 e. The summed E-state index contributed by atoms with van der Waals surface area (Å²) in [6.07, 6.45) is 4.78. The van der Waals surface area contributed by atoms with Gasteiger partial charge in [0.15, 0.2) is 0 Å². The van der Waals surface area contributed by atoms with E-state index in [4.69, 9.17) is 0 Å². The Bertz CT molecular complexity index is 772. The molecule has 0 unspecified atom stereocenters. The average Bonchev–Trinajstić information content (AvgIpc) is 3.00. The molecule has 0 atom stereocenters. The molecular weight excluding hydrogens is 274 g/mol. The summed E-state index contributed by atoms with van der Waals surface area (Å²) < 4.78 is 1.68. The lowest BCUT2D eigenvalue weighted by atomic mass is 10.2. The van der Waals surface area contributed by atoms with Gasteiger partial charge >= 0.3 is 0 Å². The molecule has 9 nitrogen and oxygen atoms in total. The van der Waals surface area contributed by atoms with E-state index >= 15 is 0 Å². The van der Waals surface area contributed by atoms with Gasteiger partial charge in [0.2, 0.25) is 0 Å². The highest BCUT2D eigenvalue weighted by molar-refractivity contribution is 5.90. The zero-order chi connectivity index (χ0) is 14.7. The second-order valence-electron chi connectivity index (χ2n) is 4.27. The van der Waals surface area contributed by atoms with E-state index in [1.807, 2.05) is 0 Å². The third kappa shape index (κ3) is 2.76. The van der Waals surface area contributed by atoms with Crippen LogP contribution in [-0.4, -0.2) is 36.4 Å². The van der Waals surface area contributed by atoms with Crippen LogP contribution in [0.15, 0.2) is 36.9 Å². The molecular formula is C12H11N7O2. The molecule has 1 aromatic carbocycles. The number of hydrogen-bond donors (Lipinski definition) is 1. The number of nitro groups is 1. The first-order chi connectivity index (χ1) is 10.2. The Kier molecular flexibility index (Phi) is 3.37. The minimum Gasteiger partial charge on any atom is -0.368 e. The fourth-order valence-corrected chi connectivity index (χ4v) is 1.94. The first kappa shape index (κ1) is 12.9. The Balaban J connectivity index is 1.83. The van der Waals surface area contributed by atoms with E-state index in [9.17, 15) is 10.1 Å². The molecule has 2 aromatic heterocycles. The van der Waals surface area contributed by atoms with Gasteiger partial charge in [-0.2, -0.15) is 0 Å². The molecule has 0 aliphatic rings. The van der Waals surface area contributed by atoms with E-state index in [2.05, 4.69) is 25.6 Å². The van der Waals surface area contributed by atoms with Gasteiger partial charge in [-0.3, -0.25) is 14.8 Å². The third-order valence-electron chi connectivity index (χ3n) is 2.94. The highest BCUT2D eigenvalue weighted by Gasteiger charge is 2.10. The number of fused-ring (bicyclic) bond motifs is 1. The Labute approximate surface area is 118 Å². The van der Waals surface area contributed by atoms with Crippen molar-refractivity contribution in [1.82, 2.24) is 25.0 Å². The topological polar surface area (TPSA) is 112 Å². The maximum atomic E-state index is 10.9. The highest BCUT2D eigenvalue weighted by atomic mass is 16.6. The summed E-state index contributed by atoms with van der Waals surface area (Å²) in [4.78, 5) is 18.6. The minimum atomic E-state index is -0.439. The summed E-state index contributed by atoms with van der Waals surface area (Å²) in [5.41, 5.74) is 0.662. The van der Waals surface area contributed by atoms with Crippen LogP contribution < -0.4 is 5.32 Å². The zero-order valence-electron chi connectivity index (χ0n) is 10.9. The molecule has 3 rings (SSSR count). The van der Waals surface area contributed by atoms with E-state index in [1.165, 1.54) is 18.5 Å². The molecule has 0 radical (unpaired) electrons. The number of benzene rings is 1. The van der Waals surface area contributed by atoms with Gasteiger partial charge in [-0.05, 0) is 6.07 Å². The maximum Gasteiger partial charge on any atom is 0.270 e. The van der Waals surface area contributed by atoms with Crippen LogP contribution in [0.4, 0.5) is 11.5 Å². The number of nitrogens with one attached hydrogen (secondary N) is 1. The smallest absolute Gasteiger partial charge is 0.270 e. The monoisotopic (exact) mass is 285 g/mol. The van der Waals surface area contributed by atoms with Crippen molar-refractivity contribution in [3.63, 3.8) is 0 Å². The van der Waals surface area contributed by atoms with Crippen LogP contribution in [0.1, 0.15) is 0 Å². The molecule has 0 saturated carbocycles. The number of nitro benzene ring substituents is 1. The van der Waals surface area contributed by atoms with Crippen LogP contribution >= 0.6 is 0 Å². The van der Waals surface area contributed by atoms with Crippen molar-refractivity contribution in [2.24, 2.45) is 0 Å². The fourth-order valence-electron chi connectivity index (χ4n) is 1.94. The number of hydrogen-bond acceptors (Lipinski definition) is 7. The van der Waals surface area contributed by atoms with Gasteiger partial charge in [0, 0.05) is 30.3 Å². The van der Waals surface area contributed by atoms with Crippen molar-refractivity contribution in [2.75, 3.05) is 11.9 Å². The lowest BCUT2D eigenvalue weighted by Crippen LogP contribution is -2.12. The Hall–Kier alpha value is -3.10. The van der Waals surface area contributed by atoms with Crippen LogP contribution in [0.25, 0.3) is 10.9 Å². The summed E-state index contributed by atoms with van der Waals surface area (Å²) >= 11 is 0. The second kappa shape index (κ2) is 5.49. The van der Waals surface area contributed by atoms with Crippen molar-refractivity contribution in [3.05, 3.63) is 47.0 Å². The molecule has 21 heavy (non-hydrogen) atoms. The second-order valence-corrected chi connectivity index (χ2v) is 4.27. The summed E-state index contributed by atoms with van der Waals surface area (Å²) in [6, 6.07) is 4.50. The minimum absolute atomic E-state index is 0.0108. The summed E-state index contributed by atoms with van der Waals surface area (Å²) in [6.45, 7) is 1.18. The zero-order valence-corrected chi connectivity index (χ0v) is 10.9. The Morgan fingerprint density at radius 2 is 2.24 bits per heavy atom. The van der Waals surface area contributed by atoms with Crippen LogP contribution in [0, 0.1) is 10.1 Å². The molecule has 0 aliphatic heterocycles. The van der Waals surface area contributed by atoms with Crippen LogP contribution in [0.2, 0.25) is 0 Å². The molecule has 0 fully saturated rings. The Morgan fingerprint density at radius 3 is 3.00 bits per heavy atom. The fraction of sp³-hybridized carbons (Fsp3) is 0.167. The molecule has 0 saturated heterocycles. The molecule has 9 heteroatoms. The van der Waals surface area contributed by atoms with E-state index < -0.39 is 4.92 Å². The highest BCUT2D eigenvalue weighted by Crippen LogP contribution is 2.23. The van der Waals surface area contributed by atoms with Crippen molar-refractivity contribution in [3.8, 4) is 0 Å². The quantitative estimate of drug-likeness (QED) is 0.554. The third-order valence-corrected chi connectivity index (χ3v) is 2.94. The lowest BCUT2D eigenvalue weighted by Gasteiger charge is -2.07. The first-order valence-corrected chi connectivity index (χ1v) is 6.21. The molecule has 1 N–H and O–H groups in total. The Morgan fingerprint density at radius 1 is 1.33 bits per heavy atom. The maximum absolute atomic E-state index is 10.9. The van der Waals surface area contributed by atoms with Crippen molar-refractivity contribution < 1.29 is 4.92 Å². The SMILES string of the molecule is O=[N+]([O-])c1ccc2ncnc(NCCn3ccnn3)c2c1. The van der Waals surface area contributed by atoms with Gasteiger partial charge < -0.3 is 5.32 Å². The van der Waals surface area contributed by atoms with Crippen molar-refractivity contribution in [2.45, 2.75) is 6.54 Å². The van der Waals surface area contributed by atoms with Gasteiger partial charge in [0.25, 0.3) is 5.69 Å². The van der Waals surface area contributed by atoms with Gasteiger partial charge in [0.1, 0.15) is 12.1 Å². The number of non-ortho nitro benzene ring substituents is 1. The summed E-state index contributed by atoms with van der Waals surface area (Å²) in [7, 11) is 0. The summed E-state index contributed by atoms with van der Waals surface area (Å²) in [5, 5.41) is 22.2.